The van der Waals surface area contributed by atoms with Gasteiger partial charge in [0.2, 0.25) is 0 Å². The molecule has 5 heterocycles. The largest absolute Gasteiger partial charge is 0.695 e. The number of aromatic nitrogens is 2. The van der Waals surface area contributed by atoms with Crippen LogP contribution in [-0.4, -0.2) is 48.7 Å². The summed E-state index contributed by atoms with van der Waals surface area (Å²) in [6.45, 7) is 0. The second-order valence-electron chi connectivity index (χ2n) is 13.0. The van der Waals surface area contributed by atoms with Gasteiger partial charge < -0.3 is 40.6 Å². The Hall–Kier alpha value is -3.98. The quantitative estimate of drug-likeness (QED) is 0.156. The summed E-state index contributed by atoms with van der Waals surface area (Å²) in [6.07, 6.45) is -10.6. The Morgan fingerprint density at radius 1 is 0.510 bits per heavy atom. The standard InChI is InChI=1S/C32H22F8N8.Cu/c33-17-1-9-10(2-18(17)34)26-41-25(9)45-27-11-3-19(35)20(36)4-12(11)29(42-27)47-31-15-7-23(39)24(40)8-16(15)32(44-31)48-30-14-6-22(38)21(37)5-13(14)28(43-30)46-26;/h1-2,7-8,11-14,19-22,27-28H,3-6H2;/q-4;. The molecule has 9 rings (SSSR count). The molecule has 2 fully saturated rings. The van der Waals surface area contributed by atoms with E-state index in [-0.39, 0.29) is 98.6 Å². The van der Waals surface area contributed by atoms with Crippen molar-refractivity contribution in [3.63, 3.8) is 0 Å². The number of benzene rings is 2. The first kappa shape index (κ1) is 32.2. The van der Waals surface area contributed by atoms with Crippen LogP contribution in [0.25, 0.3) is 32.2 Å². The van der Waals surface area contributed by atoms with Crippen LogP contribution in [0.2, 0.25) is 0 Å². The minimum Gasteiger partial charge on any atom is -0.695 e. The van der Waals surface area contributed by atoms with Crippen molar-refractivity contribution in [1.82, 2.24) is 9.97 Å². The Bertz CT molecular complexity index is 2050. The molecule has 2 aromatic carbocycles. The van der Waals surface area contributed by atoms with Crippen molar-refractivity contribution < 1.29 is 52.2 Å². The van der Waals surface area contributed by atoms with E-state index in [4.69, 9.17) is 0 Å². The Labute approximate surface area is 282 Å². The molecule has 4 aromatic rings. The molecule has 10 unspecified atom stereocenters. The number of amidine groups is 2. The minimum absolute atomic E-state index is 0. The van der Waals surface area contributed by atoms with E-state index in [0.717, 1.165) is 24.3 Å². The van der Waals surface area contributed by atoms with Crippen molar-refractivity contribution in [1.29, 1.82) is 0 Å². The number of halogens is 8. The van der Waals surface area contributed by atoms with Crippen molar-refractivity contribution in [3.05, 3.63) is 69.1 Å². The van der Waals surface area contributed by atoms with Crippen LogP contribution in [0.15, 0.2) is 44.2 Å². The Morgan fingerprint density at radius 2 is 0.878 bits per heavy atom. The van der Waals surface area contributed by atoms with Crippen LogP contribution >= 0.6 is 0 Å². The molecule has 2 saturated carbocycles. The van der Waals surface area contributed by atoms with Crippen LogP contribution < -0.4 is 20.9 Å². The third-order valence-electron chi connectivity index (χ3n) is 10.2. The zero-order valence-electron chi connectivity index (χ0n) is 24.8. The zero-order chi connectivity index (χ0) is 33.2. The number of hydrogen-bond acceptors (Lipinski definition) is 4. The van der Waals surface area contributed by atoms with Gasteiger partial charge in [-0.15, -0.1) is 0 Å². The molecule has 0 N–H and O–H groups in total. The average molecular weight is 734 g/mol. The maximum atomic E-state index is 14.8. The third-order valence-corrected chi connectivity index (χ3v) is 10.2. The normalized spacial score (nSPS) is 33.3. The van der Waals surface area contributed by atoms with E-state index < -0.39 is 84.0 Å². The molecular weight excluding hydrogens is 712 g/mol. The van der Waals surface area contributed by atoms with Gasteiger partial charge in [-0.05, 0) is 84.9 Å². The molecule has 49 heavy (non-hydrogen) atoms. The summed E-state index contributed by atoms with van der Waals surface area (Å²) in [7, 11) is 0. The van der Waals surface area contributed by atoms with Crippen LogP contribution in [0, 0.1) is 46.9 Å². The fourth-order valence-corrected chi connectivity index (χ4v) is 7.76. The van der Waals surface area contributed by atoms with Crippen molar-refractivity contribution in [2.24, 2.45) is 43.6 Å². The Morgan fingerprint density at radius 3 is 1.29 bits per heavy atom. The Kier molecular flexibility index (Phi) is 7.59. The number of fused-ring (bicyclic) bond motifs is 18. The molecule has 0 saturated heterocycles. The smallest absolute Gasteiger partial charge is 0.159 e. The molecule has 8 nitrogen and oxygen atoms in total. The van der Waals surface area contributed by atoms with Gasteiger partial charge in [0, 0.05) is 39.9 Å². The van der Waals surface area contributed by atoms with Crippen molar-refractivity contribution in [2.75, 3.05) is 0 Å². The summed E-state index contributed by atoms with van der Waals surface area (Å²) in [5.74, 6) is -7.85. The maximum Gasteiger partial charge on any atom is 0.159 e. The van der Waals surface area contributed by atoms with Crippen LogP contribution in [0.4, 0.5) is 46.8 Å². The maximum absolute atomic E-state index is 14.8. The molecule has 10 atom stereocenters. The average Bonchev–Trinajstić information content (AvgIpc) is 3.74. The molecule has 261 valence electrons. The summed E-state index contributed by atoms with van der Waals surface area (Å²) >= 11 is 0. The monoisotopic (exact) mass is 733 g/mol. The summed E-state index contributed by atoms with van der Waals surface area (Å²) in [6, 6.07) is 3.55. The van der Waals surface area contributed by atoms with Gasteiger partial charge in [0.05, 0.1) is 11.7 Å². The van der Waals surface area contributed by atoms with Gasteiger partial charge in [0.15, 0.2) is 23.3 Å². The topological polar surface area (TPSA) is 106 Å². The van der Waals surface area contributed by atoms with Gasteiger partial charge in [0.1, 0.15) is 24.7 Å². The number of rotatable bonds is 0. The minimum atomic E-state index is -1.83. The summed E-state index contributed by atoms with van der Waals surface area (Å²) in [5, 5.41) is 9.43. The van der Waals surface area contributed by atoms with Gasteiger partial charge >= 0.3 is 0 Å². The van der Waals surface area contributed by atoms with Crippen LogP contribution in [0.3, 0.4) is 0 Å². The van der Waals surface area contributed by atoms with E-state index in [0.29, 0.717) is 0 Å². The predicted molar refractivity (Wildman–Crippen MR) is 157 cm³/mol. The van der Waals surface area contributed by atoms with Crippen molar-refractivity contribution in [2.45, 2.75) is 62.7 Å². The summed E-state index contributed by atoms with van der Waals surface area (Å²) in [5.41, 5.74) is -0.260. The van der Waals surface area contributed by atoms with E-state index in [2.05, 4.69) is 40.6 Å². The first-order valence-corrected chi connectivity index (χ1v) is 15.5. The van der Waals surface area contributed by atoms with E-state index in [1.54, 1.807) is 0 Å². The zero-order valence-corrected chi connectivity index (χ0v) is 25.8. The molecule has 5 aliphatic rings. The van der Waals surface area contributed by atoms with Crippen LogP contribution in [0.1, 0.15) is 25.7 Å². The van der Waals surface area contributed by atoms with E-state index >= 15 is 0 Å². The fourth-order valence-electron chi connectivity index (χ4n) is 7.76. The summed E-state index contributed by atoms with van der Waals surface area (Å²) < 4.78 is 117. The second kappa shape index (κ2) is 11.5. The molecule has 1 radical (unpaired) electrons. The van der Waals surface area contributed by atoms with E-state index in [9.17, 15) is 35.1 Å². The predicted octanol–water partition coefficient (Wildman–Crippen LogP) is 6.31. The SMILES string of the molecule is Fc1cc2c3[n-]c(c2cc1F)[N-]C1N=C(N=c2[n-]c(c4cc(F)c(F)cc24)=NC2=NC([N-]3)C3CC(F)C(F)CC23)C2CC(F)C(F)CC12.[Cu]. The van der Waals surface area contributed by atoms with Gasteiger partial charge in [-0.3, -0.25) is 11.6 Å². The molecule has 0 spiro atoms. The number of alkyl halides is 4. The van der Waals surface area contributed by atoms with Gasteiger partial charge in [-0.25, -0.2) is 35.1 Å². The van der Waals surface area contributed by atoms with Crippen LogP contribution in [0.5, 0.6) is 0 Å². The molecule has 17 heteroatoms. The van der Waals surface area contributed by atoms with E-state index in [1.807, 2.05) is 0 Å². The first-order valence-electron chi connectivity index (χ1n) is 15.5. The fraction of sp³-hybridized carbons (Fsp3) is 0.438. The molecule has 8 bridgehead atoms. The third kappa shape index (κ3) is 5.05. The van der Waals surface area contributed by atoms with Crippen LogP contribution in [-0.2, 0) is 17.1 Å². The van der Waals surface area contributed by atoms with Gasteiger partial charge in [-0.1, -0.05) is 10.8 Å². The number of hydrogen-bond donors (Lipinski definition) is 0. The van der Waals surface area contributed by atoms with Gasteiger partial charge in [-0.2, -0.15) is 0 Å². The summed E-state index contributed by atoms with van der Waals surface area (Å²) in [4.78, 5) is 27.1. The molecule has 2 aromatic heterocycles. The van der Waals surface area contributed by atoms with Crippen molar-refractivity contribution in [3.8, 4) is 0 Å². The molecular formula is C32H22CuF8N8-4. The number of aliphatic imine (C=N–C) groups is 2. The Balaban J connectivity index is 0.00000348. The molecule has 0 amide bonds. The molecule has 2 aliphatic carbocycles. The molecule has 3 aliphatic heterocycles. The van der Waals surface area contributed by atoms with Gasteiger partial charge in [0.25, 0.3) is 0 Å². The van der Waals surface area contributed by atoms with Crippen molar-refractivity contribution >= 4 is 44.9 Å². The first-order chi connectivity index (χ1) is 23.0. The van der Waals surface area contributed by atoms with E-state index in [1.165, 1.54) is 0 Å². The number of nitrogens with zero attached hydrogens (tertiary/aromatic N) is 8. The second-order valence-corrected chi connectivity index (χ2v) is 13.0.